The summed E-state index contributed by atoms with van der Waals surface area (Å²) in [5, 5.41) is 9.83. The Balaban J connectivity index is 2.28. The number of aromatic carboxylic acids is 1. The van der Waals surface area contributed by atoms with Crippen LogP contribution in [0, 0.1) is 5.82 Å². The van der Waals surface area contributed by atoms with Crippen LogP contribution in [0.15, 0.2) is 12.1 Å². The molecule has 0 aliphatic heterocycles. The van der Waals surface area contributed by atoms with Crippen molar-refractivity contribution >= 4 is 27.5 Å². The van der Waals surface area contributed by atoms with E-state index in [1.807, 2.05) is 0 Å². The summed E-state index contributed by atoms with van der Waals surface area (Å²) in [6.07, 6.45) is 4.52. The van der Waals surface area contributed by atoms with Crippen LogP contribution in [0.1, 0.15) is 60.8 Å². The van der Waals surface area contributed by atoms with E-state index in [1.54, 1.807) is 0 Å². The summed E-state index contributed by atoms with van der Waals surface area (Å²) in [5.41, 5.74) is 0.265. The molecule has 0 amide bonds. The number of carboxylic acid groups (broad SMARTS) is 1. The Labute approximate surface area is 121 Å². The van der Waals surface area contributed by atoms with E-state index >= 15 is 0 Å². The molecule has 0 saturated carbocycles. The van der Waals surface area contributed by atoms with Gasteiger partial charge in [-0.15, -0.1) is 11.3 Å². The van der Waals surface area contributed by atoms with Crippen molar-refractivity contribution in [3.63, 3.8) is 0 Å². The number of carboxylic acids is 1. The Bertz CT molecular complexity index is 624. The van der Waals surface area contributed by atoms with Crippen LogP contribution in [0.25, 0.3) is 10.2 Å². The molecular weight excluding hydrogens is 277 g/mol. The Morgan fingerprint density at radius 2 is 2.20 bits per heavy atom. The van der Waals surface area contributed by atoms with Gasteiger partial charge in [-0.1, -0.05) is 33.1 Å². The molecule has 20 heavy (non-hydrogen) atoms. The van der Waals surface area contributed by atoms with Gasteiger partial charge in [-0.2, -0.15) is 0 Å². The SMILES string of the molecule is CCCCCC(C)c1nc2c(F)cc(C(=O)O)cc2s1. The van der Waals surface area contributed by atoms with E-state index in [0.717, 1.165) is 23.9 Å². The topological polar surface area (TPSA) is 50.2 Å². The van der Waals surface area contributed by atoms with Crippen molar-refractivity contribution < 1.29 is 14.3 Å². The van der Waals surface area contributed by atoms with E-state index in [-0.39, 0.29) is 17.0 Å². The van der Waals surface area contributed by atoms with Gasteiger partial charge in [0.1, 0.15) is 5.52 Å². The van der Waals surface area contributed by atoms with Crippen LogP contribution < -0.4 is 0 Å². The maximum absolute atomic E-state index is 13.9. The Morgan fingerprint density at radius 3 is 2.85 bits per heavy atom. The fraction of sp³-hybridized carbons (Fsp3) is 0.467. The average Bonchev–Trinajstić information content (AvgIpc) is 2.83. The van der Waals surface area contributed by atoms with Gasteiger partial charge in [0, 0.05) is 5.92 Å². The quantitative estimate of drug-likeness (QED) is 0.777. The van der Waals surface area contributed by atoms with E-state index in [2.05, 4.69) is 18.8 Å². The highest BCUT2D eigenvalue weighted by Crippen LogP contribution is 2.32. The highest BCUT2D eigenvalue weighted by molar-refractivity contribution is 7.18. The molecule has 0 aliphatic rings. The molecule has 108 valence electrons. The third kappa shape index (κ3) is 3.15. The molecule has 0 bridgehead atoms. The molecule has 2 rings (SSSR count). The lowest BCUT2D eigenvalue weighted by Gasteiger charge is -2.06. The summed E-state index contributed by atoms with van der Waals surface area (Å²) in [7, 11) is 0. The highest BCUT2D eigenvalue weighted by Gasteiger charge is 2.16. The molecule has 3 nitrogen and oxygen atoms in total. The second-order valence-corrected chi connectivity index (χ2v) is 6.12. The smallest absolute Gasteiger partial charge is 0.335 e. The van der Waals surface area contributed by atoms with E-state index in [0.29, 0.717) is 4.70 Å². The first-order valence-electron chi connectivity index (χ1n) is 6.86. The van der Waals surface area contributed by atoms with Crippen LogP contribution in [-0.4, -0.2) is 16.1 Å². The lowest BCUT2D eigenvalue weighted by molar-refractivity contribution is 0.0696. The average molecular weight is 295 g/mol. The van der Waals surface area contributed by atoms with Gasteiger partial charge in [0.05, 0.1) is 15.3 Å². The van der Waals surface area contributed by atoms with Gasteiger partial charge >= 0.3 is 5.97 Å². The number of carbonyl (C=O) groups is 1. The number of hydrogen-bond donors (Lipinski definition) is 1. The molecule has 0 radical (unpaired) electrons. The number of aromatic nitrogens is 1. The molecule has 5 heteroatoms. The third-order valence-corrected chi connectivity index (χ3v) is 4.61. The first-order chi connectivity index (χ1) is 9.52. The molecule has 0 fully saturated rings. The molecule has 0 aliphatic carbocycles. The number of unbranched alkanes of at least 4 members (excludes halogenated alkanes) is 2. The lowest BCUT2D eigenvalue weighted by Crippen LogP contribution is -1.96. The minimum atomic E-state index is -1.11. The minimum absolute atomic E-state index is 0.0242. The zero-order valence-electron chi connectivity index (χ0n) is 11.6. The number of fused-ring (bicyclic) bond motifs is 1. The van der Waals surface area contributed by atoms with Crippen molar-refractivity contribution in [1.29, 1.82) is 0 Å². The fourth-order valence-electron chi connectivity index (χ4n) is 2.16. The van der Waals surface area contributed by atoms with Gasteiger partial charge in [0.2, 0.25) is 0 Å². The van der Waals surface area contributed by atoms with E-state index in [4.69, 9.17) is 5.11 Å². The number of thiazole rings is 1. The summed E-state index contributed by atoms with van der Waals surface area (Å²) < 4.78 is 14.5. The van der Waals surface area contributed by atoms with Gasteiger partial charge in [0.15, 0.2) is 5.82 Å². The van der Waals surface area contributed by atoms with Crippen molar-refractivity contribution in [2.45, 2.75) is 45.4 Å². The van der Waals surface area contributed by atoms with Crippen LogP contribution in [0.5, 0.6) is 0 Å². The van der Waals surface area contributed by atoms with E-state index < -0.39 is 11.8 Å². The summed E-state index contributed by atoms with van der Waals surface area (Å²) >= 11 is 1.39. The predicted molar refractivity (Wildman–Crippen MR) is 79.1 cm³/mol. The molecule has 0 spiro atoms. The van der Waals surface area contributed by atoms with Crippen LogP contribution in [0.4, 0.5) is 4.39 Å². The standard InChI is InChI=1S/C15H18FNO2S/c1-3-4-5-6-9(2)14-17-13-11(16)7-10(15(18)19)8-12(13)20-14/h7-9H,3-6H2,1-2H3,(H,18,19). The number of hydrogen-bond acceptors (Lipinski definition) is 3. The first-order valence-corrected chi connectivity index (χ1v) is 7.67. The molecule has 1 unspecified atom stereocenters. The molecule has 1 N–H and O–H groups in total. The lowest BCUT2D eigenvalue weighted by atomic mass is 10.0. The second-order valence-electron chi connectivity index (χ2n) is 5.06. The van der Waals surface area contributed by atoms with Crippen molar-refractivity contribution in [3.05, 3.63) is 28.5 Å². The Kier molecular flexibility index (Phi) is 4.70. The molecule has 1 aromatic heterocycles. The monoisotopic (exact) mass is 295 g/mol. The first kappa shape index (κ1) is 14.9. The molecule has 1 aromatic carbocycles. The van der Waals surface area contributed by atoms with Crippen LogP contribution in [-0.2, 0) is 0 Å². The zero-order valence-corrected chi connectivity index (χ0v) is 12.5. The van der Waals surface area contributed by atoms with Crippen molar-refractivity contribution in [2.75, 3.05) is 0 Å². The van der Waals surface area contributed by atoms with Crippen LogP contribution in [0.2, 0.25) is 0 Å². The second kappa shape index (κ2) is 6.31. The zero-order chi connectivity index (χ0) is 14.7. The van der Waals surface area contributed by atoms with Gasteiger partial charge < -0.3 is 5.11 Å². The van der Waals surface area contributed by atoms with Crippen molar-refractivity contribution in [2.24, 2.45) is 0 Å². The Morgan fingerprint density at radius 1 is 1.45 bits per heavy atom. The maximum atomic E-state index is 13.9. The molecule has 1 atom stereocenters. The highest BCUT2D eigenvalue weighted by atomic mass is 32.1. The summed E-state index contributed by atoms with van der Waals surface area (Å²) in [6.45, 7) is 4.24. The molecular formula is C15H18FNO2S. The fourth-order valence-corrected chi connectivity index (χ4v) is 3.27. The van der Waals surface area contributed by atoms with E-state index in [1.165, 1.54) is 30.2 Å². The largest absolute Gasteiger partial charge is 0.478 e. The van der Waals surface area contributed by atoms with Gasteiger partial charge in [0.25, 0.3) is 0 Å². The molecule has 1 heterocycles. The Hall–Kier alpha value is -1.49. The summed E-state index contributed by atoms with van der Waals surface area (Å²) in [6, 6.07) is 2.54. The number of nitrogens with zero attached hydrogens (tertiary/aromatic N) is 1. The summed E-state index contributed by atoms with van der Waals surface area (Å²) in [4.78, 5) is 15.3. The molecule has 0 saturated heterocycles. The van der Waals surface area contributed by atoms with Gasteiger partial charge in [-0.25, -0.2) is 14.2 Å². The summed E-state index contributed by atoms with van der Waals surface area (Å²) in [5.74, 6) is -1.38. The van der Waals surface area contributed by atoms with Gasteiger partial charge in [-0.05, 0) is 18.6 Å². The van der Waals surface area contributed by atoms with Crippen molar-refractivity contribution in [1.82, 2.24) is 4.98 Å². The molecule has 2 aromatic rings. The van der Waals surface area contributed by atoms with Crippen molar-refractivity contribution in [3.8, 4) is 0 Å². The predicted octanol–water partition coefficient (Wildman–Crippen LogP) is 4.82. The van der Waals surface area contributed by atoms with Crippen LogP contribution in [0.3, 0.4) is 0 Å². The van der Waals surface area contributed by atoms with Crippen LogP contribution >= 0.6 is 11.3 Å². The maximum Gasteiger partial charge on any atom is 0.335 e. The van der Waals surface area contributed by atoms with Gasteiger partial charge in [-0.3, -0.25) is 0 Å². The number of halogens is 1. The number of rotatable bonds is 6. The number of benzene rings is 1. The normalized spacial score (nSPS) is 12.8. The minimum Gasteiger partial charge on any atom is -0.478 e. The van der Waals surface area contributed by atoms with E-state index in [9.17, 15) is 9.18 Å². The third-order valence-electron chi connectivity index (χ3n) is 3.37.